The largest absolute Gasteiger partial charge is 0.497 e. The van der Waals surface area contributed by atoms with E-state index in [1.54, 1.807) is 46.9 Å². The number of amides is 2. The monoisotopic (exact) mass is 566 g/mol. The van der Waals surface area contributed by atoms with Gasteiger partial charge in [0, 0.05) is 42.8 Å². The van der Waals surface area contributed by atoms with E-state index in [0.717, 1.165) is 23.5 Å². The van der Waals surface area contributed by atoms with Crippen LogP contribution >= 0.6 is 11.8 Å². The van der Waals surface area contributed by atoms with Crippen LogP contribution in [0.1, 0.15) is 30.0 Å². The van der Waals surface area contributed by atoms with Gasteiger partial charge in [-0.2, -0.15) is 16.9 Å². The number of ether oxygens (including phenoxy) is 2. The molecule has 0 aliphatic carbocycles. The van der Waals surface area contributed by atoms with Crippen LogP contribution in [0.25, 0.3) is 0 Å². The number of hydrogen-bond acceptors (Lipinski definition) is 9. The number of non-ortho nitro benzene ring substituents is 1. The second-order valence-electron chi connectivity index (χ2n) is 9.77. The average Bonchev–Trinajstić information content (AvgIpc) is 3.76. The minimum Gasteiger partial charge on any atom is -0.497 e. The van der Waals surface area contributed by atoms with Gasteiger partial charge in [-0.25, -0.2) is 14.5 Å². The third-order valence-corrected chi connectivity index (χ3v) is 8.54. The van der Waals surface area contributed by atoms with Crippen molar-refractivity contribution in [3.05, 3.63) is 82.4 Å². The highest BCUT2D eigenvalue weighted by Crippen LogP contribution is 2.33. The van der Waals surface area contributed by atoms with E-state index in [9.17, 15) is 19.7 Å². The lowest BCUT2D eigenvalue weighted by atomic mass is 10.2. The number of carbonyl (C=O) groups excluding carboxylic acids is 2. The lowest BCUT2D eigenvalue weighted by Gasteiger charge is -2.27. The molecule has 1 unspecified atom stereocenters. The van der Waals surface area contributed by atoms with Crippen LogP contribution in [0.2, 0.25) is 0 Å². The SMILES string of the molecule is COc1ccc(CS[C@H]2C[C@@H](C(=O)N3CCC(n4cncn4)C3)N(C(=O)OCc3ccc([N+](=O)[O-])cc3)C2)cc1. The Morgan fingerprint density at radius 3 is 2.52 bits per heavy atom. The zero-order valence-electron chi connectivity index (χ0n) is 22.0. The second kappa shape index (κ2) is 12.4. The highest BCUT2D eigenvalue weighted by Gasteiger charge is 2.43. The number of carbonyl (C=O) groups is 2. The van der Waals surface area contributed by atoms with Crippen molar-refractivity contribution in [1.29, 1.82) is 0 Å². The molecular formula is C27H30N6O6S. The van der Waals surface area contributed by atoms with Gasteiger partial charge in [-0.1, -0.05) is 12.1 Å². The summed E-state index contributed by atoms with van der Waals surface area (Å²) in [5, 5.41) is 15.2. The van der Waals surface area contributed by atoms with E-state index in [-0.39, 0.29) is 29.5 Å². The Morgan fingerprint density at radius 2 is 1.85 bits per heavy atom. The number of thioether (sulfide) groups is 1. The second-order valence-corrected chi connectivity index (χ2v) is 11.1. The molecule has 0 spiro atoms. The smallest absolute Gasteiger partial charge is 0.410 e. The number of nitro benzene ring substituents is 1. The normalized spacial score (nSPS) is 20.5. The molecule has 0 bridgehead atoms. The summed E-state index contributed by atoms with van der Waals surface area (Å²) in [6.45, 7) is 1.43. The molecule has 3 aromatic rings. The first-order valence-corrected chi connectivity index (χ1v) is 14.0. The molecule has 2 amide bonds. The fraction of sp³-hybridized carbons (Fsp3) is 0.407. The Bertz CT molecular complexity index is 1320. The van der Waals surface area contributed by atoms with Crippen molar-refractivity contribution in [3.63, 3.8) is 0 Å². The lowest BCUT2D eigenvalue weighted by molar-refractivity contribution is -0.384. The molecule has 2 aliphatic heterocycles. The van der Waals surface area contributed by atoms with Gasteiger partial charge >= 0.3 is 6.09 Å². The standard InChI is InChI=1S/C27H30N6O6S/c1-38-23-8-4-20(5-9-23)16-40-24-12-25(26(34)30-11-10-22(13-30)32-18-28-17-29-32)31(14-24)27(35)39-15-19-2-6-21(7-3-19)33(36)37/h2-9,17-18,22,24-25H,10-16H2,1H3/t22?,24-,25-/m0/s1. The van der Waals surface area contributed by atoms with Crippen molar-refractivity contribution in [2.45, 2.75) is 42.5 Å². The van der Waals surface area contributed by atoms with Crippen molar-refractivity contribution in [1.82, 2.24) is 24.6 Å². The van der Waals surface area contributed by atoms with Gasteiger partial charge in [0.1, 0.15) is 31.1 Å². The molecule has 0 radical (unpaired) electrons. The quantitative estimate of drug-likeness (QED) is 0.281. The molecule has 0 saturated carbocycles. The molecule has 210 valence electrons. The first-order chi connectivity index (χ1) is 19.4. The van der Waals surface area contributed by atoms with E-state index in [0.29, 0.717) is 31.6 Å². The number of nitro groups is 1. The molecule has 3 atom stereocenters. The summed E-state index contributed by atoms with van der Waals surface area (Å²) < 4.78 is 12.6. The summed E-state index contributed by atoms with van der Waals surface area (Å²) in [5.41, 5.74) is 1.72. The summed E-state index contributed by atoms with van der Waals surface area (Å²) in [7, 11) is 1.63. The molecule has 13 heteroatoms. The highest BCUT2D eigenvalue weighted by molar-refractivity contribution is 7.99. The fourth-order valence-corrected chi connectivity index (χ4v) is 6.21. The van der Waals surface area contributed by atoms with Gasteiger partial charge in [0.05, 0.1) is 18.1 Å². The summed E-state index contributed by atoms with van der Waals surface area (Å²) in [4.78, 5) is 44.7. The highest BCUT2D eigenvalue weighted by atomic mass is 32.2. The first kappa shape index (κ1) is 27.4. The summed E-state index contributed by atoms with van der Waals surface area (Å²) >= 11 is 1.71. The summed E-state index contributed by atoms with van der Waals surface area (Å²) in [6.07, 6.45) is 3.85. The van der Waals surface area contributed by atoms with Gasteiger partial charge in [-0.15, -0.1) is 0 Å². The zero-order valence-corrected chi connectivity index (χ0v) is 22.8. The minimum absolute atomic E-state index is 0.0354. The van der Waals surface area contributed by atoms with Gasteiger partial charge in [0.25, 0.3) is 5.69 Å². The van der Waals surface area contributed by atoms with Gasteiger partial charge in [0.2, 0.25) is 5.91 Å². The van der Waals surface area contributed by atoms with Crippen LogP contribution in [0.4, 0.5) is 10.5 Å². The van der Waals surface area contributed by atoms with Crippen LogP contribution < -0.4 is 4.74 Å². The average molecular weight is 567 g/mol. The number of aromatic nitrogens is 3. The molecule has 0 N–H and O–H groups in total. The van der Waals surface area contributed by atoms with Gasteiger partial charge < -0.3 is 14.4 Å². The van der Waals surface area contributed by atoms with Crippen LogP contribution in [-0.4, -0.2) is 79.5 Å². The van der Waals surface area contributed by atoms with Crippen molar-refractivity contribution in [2.24, 2.45) is 0 Å². The summed E-state index contributed by atoms with van der Waals surface area (Å²) in [6, 6.07) is 13.1. The van der Waals surface area contributed by atoms with E-state index in [1.807, 2.05) is 24.3 Å². The fourth-order valence-electron chi connectivity index (χ4n) is 5.01. The Morgan fingerprint density at radius 1 is 1.10 bits per heavy atom. The maximum absolute atomic E-state index is 13.7. The molecule has 2 fully saturated rings. The Kier molecular flexibility index (Phi) is 8.48. The Balaban J connectivity index is 1.24. The lowest BCUT2D eigenvalue weighted by Crippen LogP contribution is -2.47. The molecule has 3 heterocycles. The molecule has 2 aromatic carbocycles. The number of rotatable bonds is 9. The van der Waals surface area contributed by atoms with Gasteiger partial charge in [0.15, 0.2) is 0 Å². The first-order valence-electron chi connectivity index (χ1n) is 13.0. The Hall–Kier alpha value is -4.13. The predicted octanol–water partition coefficient (Wildman–Crippen LogP) is 3.68. The van der Waals surface area contributed by atoms with Crippen LogP contribution in [-0.2, 0) is 21.9 Å². The molecule has 12 nitrogen and oxygen atoms in total. The molecule has 40 heavy (non-hydrogen) atoms. The molecule has 5 rings (SSSR count). The maximum atomic E-state index is 13.7. The predicted molar refractivity (Wildman–Crippen MR) is 147 cm³/mol. The van der Waals surface area contributed by atoms with Crippen molar-refractivity contribution in [3.8, 4) is 5.75 Å². The van der Waals surface area contributed by atoms with Crippen LogP contribution in [0.5, 0.6) is 5.75 Å². The van der Waals surface area contributed by atoms with E-state index >= 15 is 0 Å². The van der Waals surface area contributed by atoms with Gasteiger partial charge in [-0.3, -0.25) is 19.8 Å². The Labute approximate surface area is 235 Å². The van der Waals surface area contributed by atoms with E-state index < -0.39 is 17.1 Å². The molecule has 2 saturated heterocycles. The maximum Gasteiger partial charge on any atom is 0.410 e. The van der Waals surface area contributed by atoms with Gasteiger partial charge in [-0.05, 0) is 48.2 Å². The third kappa shape index (κ3) is 6.36. The molecular weight excluding hydrogens is 536 g/mol. The summed E-state index contributed by atoms with van der Waals surface area (Å²) in [5.74, 6) is 1.43. The molecule has 2 aliphatic rings. The van der Waals surface area contributed by atoms with Crippen molar-refractivity contribution < 1.29 is 24.0 Å². The van der Waals surface area contributed by atoms with Crippen molar-refractivity contribution in [2.75, 3.05) is 26.7 Å². The minimum atomic E-state index is -0.632. The van der Waals surface area contributed by atoms with E-state index in [2.05, 4.69) is 10.1 Å². The molecule has 1 aromatic heterocycles. The van der Waals surface area contributed by atoms with E-state index in [1.165, 1.54) is 23.4 Å². The topological polar surface area (TPSA) is 133 Å². The van der Waals surface area contributed by atoms with Crippen molar-refractivity contribution >= 4 is 29.4 Å². The van der Waals surface area contributed by atoms with E-state index in [4.69, 9.17) is 9.47 Å². The number of hydrogen-bond donors (Lipinski definition) is 0. The number of benzene rings is 2. The third-order valence-electron chi connectivity index (χ3n) is 7.22. The number of nitrogens with zero attached hydrogens (tertiary/aromatic N) is 6. The number of methoxy groups -OCH3 is 1. The number of likely N-dealkylation sites (tertiary alicyclic amines) is 2. The van der Waals surface area contributed by atoms with Crippen LogP contribution in [0, 0.1) is 10.1 Å². The van der Waals surface area contributed by atoms with Crippen LogP contribution in [0.15, 0.2) is 61.2 Å². The van der Waals surface area contributed by atoms with Crippen LogP contribution in [0.3, 0.4) is 0 Å². The zero-order chi connectivity index (χ0) is 28.1.